The van der Waals surface area contributed by atoms with Crippen LogP contribution in [0.4, 0.5) is 0 Å². The highest BCUT2D eigenvalue weighted by Gasteiger charge is 2.18. The van der Waals surface area contributed by atoms with Crippen LogP contribution in [0.5, 0.6) is 0 Å². The molecule has 0 bridgehead atoms. The van der Waals surface area contributed by atoms with E-state index in [4.69, 9.17) is 11.6 Å². The van der Waals surface area contributed by atoms with Crippen molar-refractivity contribution in [2.45, 2.75) is 13.3 Å². The first-order chi connectivity index (χ1) is 8.15. The normalized spacial score (nSPS) is 10.5. The number of hydrogen-bond acceptors (Lipinski definition) is 2. The fourth-order valence-electron chi connectivity index (χ4n) is 1.78. The summed E-state index contributed by atoms with van der Waals surface area (Å²) in [6.45, 7) is 1.81. The maximum absolute atomic E-state index is 11.8. The van der Waals surface area contributed by atoms with Gasteiger partial charge in [-0.15, -0.1) is 0 Å². The molecule has 0 atom stereocenters. The second-order valence-electron chi connectivity index (χ2n) is 3.78. The Morgan fingerprint density at radius 3 is 2.59 bits per heavy atom. The number of carbonyl (C=O) groups is 1. The molecule has 0 fully saturated rings. The summed E-state index contributed by atoms with van der Waals surface area (Å²) >= 11 is 6.02. The molecular formula is C13H13ClN2O. The molecule has 0 unspecified atom stereocenters. The third-order valence-corrected chi connectivity index (χ3v) is 2.93. The van der Waals surface area contributed by atoms with Gasteiger partial charge < -0.3 is 4.57 Å². The minimum Gasteiger partial charge on any atom is -0.323 e. The van der Waals surface area contributed by atoms with Crippen molar-refractivity contribution < 1.29 is 4.79 Å². The fourth-order valence-corrected chi connectivity index (χ4v) is 2.09. The smallest absolute Gasteiger partial charge is 0.182 e. The Balaban J connectivity index is 2.56. The number of imidazole rings is 1. The Morgan fingerprint density at radius 1 is 1.35 bits per heavy atom. The van der Waals surface area contributed by atoms with E-state index in [2.05, 4.69) is 4.98 Å². The van der Waals surface area contributed by atoms with Gasteiger partial charge in [0.05, 0.1) is 0 Å². The van der Waals surface area contributed by atoms with Crippen molar-refractivity contribution in [1.82, 2.24) is 9.55 Å². The van der Waals surface area contributed by atoms with E-state index in [1.165, 1.54) is 0 Å². The molecule has 0 N–H and O–H groups in total. The average molecular weight is 249 g/mol. The van der Waals surface area contributed by atoms with Crippen molar-refractivity contribution in [2.75, 3.05) is 0 Å². The summed E-state index contributed by atoms with van der Waals surface area (Å²) in [6.07, 6.45) is 0.424. The molecule has 0 aliphatic carbocycles. The molecule has 0 saturated heterocycles. The lowest BCUT2D eigenvalue weighted by atomic mass is 10.2. The van der Waals surface area contributed by atoms with Crippen molar-refractivity contribution in [2.24, 2.45) is 7.05 Å². The van der Waals surface area contributed by atoms with Gasteiger partial charge in [-0.1, -0.05) is 48.9 Å². The Labute approximate surface area is 105 Å². The first-order valence-corrected chi connectivity index (χ1v) is 5.83. The Hall–Kier alpha value is -1.61. The number of carbonyl (C=O) groups excluding carboxylic acids is 1. The fraction of sp³-hybridized carbons (Fsp3) is 0.231. The van der Waals surface area contributed by atoms with E-state index in [1.807, 2.05) is 44.3 Å². The van der Waals surface area contributed by atoms with Crippen molar-refractivity contribution in [3.05, 3.63) is 41.2 Å². The number of nitrogens with zero attached hydrogens (tertiary/aromatic N) is 2. The molecule has 2 rings (SSSR count). The van der Waals surface area contributed by atoms with Crippen LogP contribution in [0.25, 0.3) is 11.4 Å². The Kier molecular flexibility index (Phi) is 3.29. The van der Waals surface area contributed by atoms with Crippen molar-refractivity contribution in [3.63, 3.8) is 0 Å². The number of aromatic nitrogens is 2. The van der Waals surface area contributed by atoms with Crippen LogP contribution < -0.4 is 0 Å². The summed E-state index contributed by atoms with van der Waals surface area (Å²) in [6, 6.07) is 9.68. The molecule has 1 heterocycles. The summed E-state index contributed by atoms with van der Waals surface area (Å²) in [4.78, 5) is 16.0. The predicted octanol–water partition coefficient (Wildman–Crippen LogP) is 3.33. The van der Waals surface area contributed by atoms with Gasteiger partial charge in [0.15, 0.2) is 10.9 Å². The number of halogens is 1. The monoisotopic (exact) mass is 248 g/mol. The van der Waals surface area contributed by atoms with Crippen molar-refractivity contribution in [3.8, 4) is 11.4 Å². The molecule has 0 radical (unpaired) electrons. The highest BCUT2D eigenvalue weighted by molar-refractivity contribution is 6.32. The first-order valence-electron chi connectivity index (χ1n) is 5.46. The minimum atomic E-state index is 0.00665. The summed E-state index contributed by atoms with van der Waals surface area (Å²) in [5.74, 6) is 0.722. The lowest BCUT2D eigenvalue weighted by Crippen LogP contribution is -2.05. The van der Waals surface area contributed by atoms with Crippen LogP contribution in [0.15, 0.2) is 30.3 Å². The Bertz CT molecular complexity index is 546. The molecule has 4 heteroatoms. The molecule has 3 nitrogen and oxygen atoms in total. The van der Waals surface area contributed by atoms with Gasteiger partial charge in [0.25, 0.3) is 0 Å². The molecule has 1 aromatic heterocycles. The SMILES string of the molecule is CCC(=O)c1c(Cl)nc(-c2ccccc2)n1C. The molecular weight excluding hydrogens is 236 g/mol. The summed E-state index contributed by atoms with van der Waals surface area (Å²) in [5, 5.41) is 0.276. The molecule has 0 spiro atoms. The summed E-state index contributed by atoms with van der Waals surface area (Å²) in [5.41, 5.74) is 1.43. The van der Waals surface area contributed by atoms with Gasteiger partial charge in [-0.25, -0.2) is 4.98 Å². The molecule has 0 aliphatic heterocycles. The zero-order valence-corrected chi connectivity index (χ0v) is 10.5. The second kappa shape index (κ2) is 4.72. The molecule has 1 aromatic carbocycles. The van der Waals surface area contributed by atoms with E-state index in [0.29, 0.717) is 17.9 Å². The molecule has 0 saturated carbocycles. The van der Waals surface area contributed by atoms with Gasteiger partial charge in [0, 0.05) is 19.0 Å². The van der Waals surface area contributed by atoms with Crippen LogP contribution >= 0.6 is 11.6 Å². The maximum Gasteiger partial charge on any atom is 0.182 e. The van der Waals surface area contributed by atoms with Crippen molar-refractivity contribution in [1.29, 1.82) is 0 Å². The average Bonchev–Trinajstić information content (AvgIpc) is 2.65. The molecule has 0 amide bonds. The van der Waals surface area contributed by atoms with E-state index in [-0.39, 0.29) is 10.9 Å². The highest BCUT2D eigenvalue weighted by atomic mass is 35.5. The standard InChI is InChI=1S/C13H13ClN2O/c1-3-10(17)11-12(14)15-13(16(11)2)9-7-5-4-6-8-9/h4-8H,3H2,1-2H3. The molecule has 88 valence electrons. The van der Waals surface area contributed by atoms with Crippen LogP contribution in [0.1, 0.15) is 23.8 Å². The zero-order chi connectivity index (χ0) is 12.4. The van der Waals surface area contributed by atoms with E-state index in [9.17, 15) is 4.79 Å². The topological polar surface area (TPSA) is 34.9 Å². The number of benzene rings is 1. The molecule has 0 aliphatic rings. The van der Waals surface area contributed by atoms with E-state index < -0.39 is 0 Å². The van der Waals surface area contributed by atoms with Gasteiger partial charge in [0.1, 0.15) is 11.5 Å². The van der Waals surface area contributed by atoms with Gasteiger partial charge in [-0.3, -0.25) is 4.79 Å². The number of Topliss-reactive ketones (excluding diaryl/α,β-unsaturated/α-hetero) is 1. The van der Waals surface area contributed by atoms with E-state index in [0.717, 1.165) is 5.56 Å². The number of rotatable bonds is 3. The van der Waals surface area contributed by atoms with E-state index in [1.54, 1.807) is 4.57 Å². The van der Waals surface area contributed by atoms with E-state index >= 15 is 0 Å². The predicted molar refractivity (Wildman–Crippen MR) is 68.3 cm³/mol. The van der Waals surface area contributed by atoms with Gasteiger partial charge in [-0.2, -0.15) is 0 Å². The minimum absolute atomic E-state index is 0.00665. The quantitative estimate of drug-likeness (QED) is 0.781. The van der Waals surface area contributed by atoms with Gasteiger partial charge >= 0.3 is 0 Å². The molecule has 2 aromatic rings. The second-order valence-corrected chi connectivity index (χ2v) is 4.13. The number of ketones is 1. The summed E-state index contributed by atoms with van der Waals surface area (Å²) < 4.78 is 1.75. The third-order valence-electron chi connectivity index (χ3n) is 2.67. The lowest BCUT2D eigenvalue weighted by Gasteiger charge is -2.04. The third kappa shape index (κ3) is 2.11. The first kappa shape index (κ1) is 11.9. The van der Waals surface area contributed by atoms with Crippen LogP contribution in [-0.4, -0.2) is 15.3 Å². The van der Waals surface area contributed by atoms with Crippen LogP contribution in [0.2, 0.25) is 5.15 Å². The highest BCUT2D eigenvalue weighted by Crippen LogP contribution is 2.25. The largest absolute Gasteiger partial charge is 0.323 e. The number of hydrogen-bond donors (Lipinski definition) is 0. The zero-order valence-electron chi connectivity index (χ0n) is 9.77. The van der Waals surface area contributed by atoms with Crippen LogP contribution in [-0.2, 0) is 7.05 Å². The van der Waals surface area contributed by atoms with Gasteiger partial charge in [0.2, 0.25) is 0 Å². The Morgan fingerprint density at radius 2 is 2.00 bits per heavy atom. The van der Waals surface area contributed by atoms with Crippen molar-refractivity contribution >= 4 is 17.4 Å². The summed E-state index contributed by atoms with van der Waals surface area (Å²) in [7, 11) is 1.81. The maximum atomic E-state index is 11.8. The van der Waals surface area contributed by atoms with Crippen LogP contribution in [0.3, 0.4) is 0 Å². The van der Waals surface area contributed by atoms with Crippen LogP contribution in [0, 0.1) is 0 Å². The molecule has 17 heavy (non-hydrogen) atoms. The lowest BCUT2D eigenvalue weighted by molar-refractivity contribution is 0.0980. The van der Waals surface area contributed by atoms with Gasteiger partial charge in [-0.05, 0) is 0 Å².